The number of piperidine rings is 1. The molecule has 2 fully saturated rings. The molecule has 2 aliphatic heterocycles. The van der Waals surface area contributed by atoms with E-state index in [2.05, 4.69) is 48.3 Å². The number of guanidine groups is 1. The summed E-state index contributed by atoms with van der Waals surface area (Å²) in [4.78, 5) is 7.52. The van der Waals surface area contributed by atoms with Crippen LogP contribution < -0.4 is 10.1 Å². The summed E-state index contributed by atoms with van der Waals surface area (Å²) in [6, 6.07) is 8.50. The van der Waals surface area contributed by atoms with Crippen molar-refractivity contribution < 1.29 is 14.2 Å². The zero-order chi connectivity index (χ0) is 20.5. The minimum absolute atomic E-state index is 0. The number of rotatable bonds is 7. The highest BCUT2D eigenvalue weighted by Crippen LogP contribution is 2.36. The molecule has 0 amide bonds. The number of likely N-dealkylation sites (tertiary alicyclic amines) is 1. The first-order valence-corrected chi connectivity index (χ1v) is 11.1. The van der Waals surface area contributed by atoms with Crippen LogP contribution in [0.1, 0.15) is 45.1 Å². The molecule has 2 saturated heterocycles. The third-order valence-corrected chi connectivity index (χ3v) is 6.16. The third-order valence-electron chi connectivity index (χ3n) is 6.16. The summed E-state index contributed by atoms with van der Waals surface area (Å²) in [5.74, 6) is 1.92. The van der Waals surface area contributed by atoms with Crippen LogP contribution in [0.4, 0.5) is 0 Å². The molecule has 0 radical (unpaired) electrons. The molecule has 1 N–H and O–H groups in total. The van der Waals surface area contributed by atoms with Crippen molar-refractivity contribution in [2.75, 3.05) is 53.1 Å². The first-order valence-electron chi connectivity index (χ1n) is 11.1. The van der Waals surface area contributed by atoms with Crippen LogP contribution in [0.15, 0.2) is 29.3 Å². The molecule has 0 unspecified atom stereocenters. The highest BCUT2D eigenvalue weighted by atomic mass is 127. The maximum atomic E-state index is 5.81. The van der Waals surface area contributed by atoms with E-state index in [1.807, 2.05) is 0 Å². The SMILES string of the molecule is CCNC(=NCC1(c2ccc(OC)cc2)CCOCC1)N1CCC(OCC)CC1.I. The van der Waals surface area contributed by atoms with Gasteiger partial charge in [-0.05, 0) is 57.2 Å². The molecule has 3 rings (SSSR count). The number of ether oxygens (including phenoxy) is 3. The van der Waals surface area contributed by atoms with Gasteiger partial charge in [0.05, 0.1) is 19.8 Å². The second-order valence-electron chi connectivity index (χ2n) is 7.93. The molecule has 170 valence electrons. The van der Waals surface area contributed by atoms with Gasteiger partial charge in [0.2, 0.25) is 0 Å². The number of benzene rings is 1. The van der Waals surface area contributed by atoms with Crippen LogP contribution in [-0.4, -0.2) is 70.1 Å². The number of hydrogen-bond donors (Lipinski definition) is 1. The number of aliphatic imine (C=N–C) groups is 1. The van der Waals surface area contributed by atoms with Crippen LogP contribution in [-0.2, 0) is 14.9 Å². The molecule has 0 spiro atoms. The van der Waals surface area contributed by atoms with Gasteiger partial charge < -0.3 is 24.4 Å². The Morgan fingerprint density at radius 2 is 1.83 bits per heavy atom. The molecule has 2 heterocycles. The van der Waals surface area contributed by atoms with E-state index in [-0.39, 0.29) is 29.4 Å². The van der Waals surface area contributed by atoms with E-state index in [9.17, 15) is 0 Å². The van der Waals surface area contributed by atoms with Crippen LogP contribution in [0.3, 0.4) is 0 Å². The van der Waals surface area contributed by atoms with E-state index < -0.39 is 0 Å². The molecule has 6 nitrogen and oxygen atoms in total. The van der Waals surface area contributed by atoms with E-state index in [0.717, 1.165) is 83.4 Å². The summed E-state index contributed by atoms with van der Waals surface area (Å²) in [6.45, 7) is 10.2. The standard InChI is InChI=1S/C23H37N3O3.HI/c1-4-24-22(26-14-10-21(11-15-26)29-5-2)25-18-23(12-16-28-17-13-23)19-6-8-20(27-3)9-7-19;/h6-9,21H,4-5,10-18H2,1-3H3,(H,24,25);1H. The topological polar surface area (TPSA) is 55.3 Å². The summed E-state index contributed by atoms with van der Waals surface area (Å²) in [5, 5.41) is 3.51. The Labute approximate surface area is 198 Å². The zero-order valence-corrected chi connectivity index (χ0v) is 21.0. The lowest BCUT2D eigenvalue weighted by Crippen LogP contribution is -2.48. The predicted molar refractivity (Wildman–Crippen MR) is 132 cm³/mol. The average molecular weight is 531 g/mol. The fourth-order valence-corrected chi connectivity index (χ4v) is 4.37. The van der Waals surface area contributed by atoms with Crippen LogP contribution in [0.25, 0.3) is 0 Å². The molecule has 0 atom stereocenters. The zero-order valence-electron chi connectivity index (χ0n) is 18.7. The van der Waals surface area contributed by atoms with Crippen molar-refractivity contribution >= 4 is 29.9 Å². The lowest BCUT2D eigenvalue weighted by atomic mass is 9.74. The lowest BCUT2D eigenvalue weighted by molar-refractivity contribution is 0.0262. The van der Waals surface area contributed by atoms with Crippen LogP contribution in [0.2, 0.25) is 0 Å². The van der Waals surface area contributed by atoms with Crippen molar-refractivity contribution in [2.45, 2.75) is 51.0 Å². The third kappa shape index (κ3) is 6.47. The summed E-state index contributed by atoms with van der Waals surface area (Å²) >= 11 is 0. The number of methoxy groups -OCH3 is 1. The second kappa shape index (κ2) is 12.7. The van der Waals surface area contributed by atoms with Gasteiger partial charge in [-0.25, -0.2) is 0 Å². The van der Waals surface area contributed by atoms with Gasteiger partial charge in [0.15, 0.2) is 5.96 Å². The molecule has 2 aliphatic rings. The van der Waals surface area contributed by atoms with E-state index in [4.69, 9.17) is 19.2 Å². The fraction of sp³-hybridized carbons (Fsp3) is 0.696. The van der Waals surface area contributed by atoms with E-state index in [1.165, 1.54) is 5.56 Å². The number of hydrogen-bond acceptors (Lipinski definition) is 4. The number of nitrogens with one attached hydrogen (secondary N) is 1. The first-order chi connectivity index (χ1) is 14.2. The van der Waals surface area contributed by atoms with E-state index in [0.29, 0.717) is 6.10 Å². The van der Waals surface area contributed by atoms with Crippen molar-refractivity contribution in [3.8, 4) is 5.75 Å². The van der Waals surface area contributed by atoms with Crippen molar-refractivity contribution in [1.82, 2.24) is 10.2 Å². The predicted octanol–water partition coefficient (Wildman–Crippen LogP) is 3.83. The summed E-state index contributed by atoms with van der Waals surface area (Å²) in [7, 11) is 1.71. The molecular formula is C23H38IN3O3. The van der Waals surface area contributed by atoms with Crippen molar-refractivity contribution in [3.05, 3.63) is 29.8 Å². The Bertz CT molecular complexity index is 640. The average Bonchev–Trinajstić information content (AvgIpc) is 2.78. The highest BCUT2D eigenvalue weighted by molar-refractivity contribution is 14.0. The Balaban J connectivity index is 0.00000320. The van der Waals surface area contributed by atoms with Crippen LogP contribution >= 0.6 is 24.0 Å². The summed E-state index contributed by atoms with van der Waals surface area (Å²) in [5.41, 5.74) is 1.35. The van der Waals surface area contributed by atoms with Gasteiger partial charge in [0.1, 0.15) is 5.75 Å². The molecule has 0 saturated carbocycles. The normalized spacial score (nSPS) is 19.8. The number of nitrogens with zero attached hydrogens (tertiary/aromatic N) is 2. The molecular weight excluding hydrogens is 493 g/mol. The van der Waals surface area contributed by atoms with Gasteiger partial charge >= 0.3 is 0 Å². The molecule has 1 aromatic rings. The Hall–Kier alpha value is -1.06. The molecule has 30 heavy (non-hydrogen) atoms. The van der Waals surface area contributed by atoms with Crippen LogP contribution in [0.5, 0.6) is 5.75 Å². The fourth-order valence-electron chi connectivity index (χ4n) is 4.37. The molecule has 7 heteroatoms. The number of halogens is 1. The quantitative estimate of drug-likeness (QED) is 0.330. The maximum Gasteiger partial charge on any atom is 0.193 e. The summed E-state index contributed by atoms with van der Waals surface area (Å²) < 4.78 is 16.8. The molecule has 1 aromatic carbocycles. The smallest absolute Gasteiger partial charge is 0.193 e. The van der Waals surface area contributed by atoms with Crippen LogP contribution in [0, 0.1) is 0 Å². The van der Waals surface area contributed by atoms with Gasteiger partial charge in [0, 0.05) is 44.9 Å². The Morgan fingerprint density at radius 1 is 1.17 bits per heavy atom. The first kappa shape index (κ1) is 25.2. The summed E-state index contributed by atoms with van der Waals surface area (Å²) in [6.07, 6.45) is 4.51. The van der Waals surface area contributed by atoms with Crippen molar-refractivity contribution in [1.29, 1.82) is 0 Å². The van der Waals surface area contributed by atoms with Gasteiger partial charge in [0.25, 0.3) is 0 Å². The van der Waals surface area contributed by atoms with Crippen molar-refractivity contribution in [3.63, 3.8) is 0 Å². The highest BCUT2D eigenvalue weighted by Gasteiger charge is 2.35. The van der Waals surface area contributed by atoms with Gasteiger partial charge in [-0.2, -0.15) is 0 Å². The molecule has 0 bridgehead atoms. The molecule has 0 aromatic heterocycles. The monoisotopic (exact) mass is 531 g/mol. The lowest BCUT2D eigenvalue weighted by Gasteiger charge is -2.38. The molecule has 0 aliphatic carbocycles. The minimum Gasteiger partial charge on any atom is -0.497 e. The Kier molecular flexibility index (Phi) is 10.7. The van der Waals surface area contributed by atoms with Gasteiger partial charge in [-0.15, -0.1) is 24.0 Å². The van der Waals surface area contributed by atoms with Gasteiger partial charge in [-0.3, -0.25) is 4.99 Å². The van der Waals surface area contributed by atoms with E-state index in [1.54, 1.807) is 7.11 Å². The second-order valence-corrected chi connectivity index (χ2v) is 7.93. The van der Waals surface area contributed by atoms with Gasteiger partial charge in [-0.1, -0.05) is 12.1 Å². The Morgan fingerprint density at radius 3 is 2.40 bits per heavy atom. The van der Waals surface area contributed by atoms with E-state index >= 15 is 0 Å². The largest absolute Gasteiger partial charge is 0.497 e. The maximum absolute atomic E-state index is 5.81. The van der Waals surface area contributed by atoms with Crippen molar-refractivity contribution in [2.24, 2.45) is 4.99 Å². The minimum atomic E-state index is 0.